The average Bonchev–Trinajstić information content (AvgIpc) is 2.31. The Balaban J connectivity index is 2.63. The highest BCUT2D eigenvalue weighted by Gasteiger charge is 2.14. The first kappa shape index (κ1) is 14.8. The highest BCUT2D eigenvalue weighted by Crippen LogP contribution is 2.14. The molecule has 5 heteroatoms. The molecule has 0 aromatic heterocycles. The summed E-state index contributed by atoms with van der Waals surface area (Å²) in [6, 6.07) is 6.71. The number of rotatable bonds is 5. The molecule has 0 aliphatic heterocycles. The number of aliphatic hydroxyl groups is 1. The van der Waals surface area contributed by atoms with E-state index in [0.29, 0.717) is 23.8 Å². The number of nitrogens with one attached hydrogen (secondary N) is 1. The van der Waals surface area contributed by atoms with Crippen molar-refractivity contribution in [2.24, 2.45) is 0 Å². The van der Waals surface area contributed by atoms with Gasteiger partial charge in [0.15, 0.2) is 0 Å². The quantitative estimate of drug-likeness (QED) is 0.864. The van der Waals surface area contributed by atoms with Gasteiger partial charge in [-0.25, -0.2) is 4.79 Å². The molecule has 0 saturated heterocycles. The lowest BCUT2D eigenvalue weighted by molar-refractivity contribution is 0.138. The number of halogens is 1. The molecular weight excluding hydrogens is 252 g/mol. The third-order valence-corrected chi connectivity index (χ3v) is 2.61. The second-order valence-corrected chi connectivity index (χ2v) is 4.67. The van der Waals surface area contributed by atoms with Crippen LogP contribution in [0, 0.1) is 0 Å². The highest BCUT2D eigenvalue weighted by atomic mass is 35.5. The van der Waals surface area contributed by atoms with Crippen molar-refractivity contribution in [3.63, 3.8) is 0 Å². The summed E-state index contributed by atoms with van der Waals surface area (Å²) < 4.78 is 0. The summed E-state index contributed by atoms with van der Waals surface area (Å²) in [5.74, 6) is 0. The first-order chi connectivity index (χ1) is 8.52. The van der Waals surface area contributed by atoms with Crippen molar-refractivity contribution in [2.45, 2.75) is 26.4 Å². The van der Waals surface area contributed by atoms with Crippen molar-refractivity contribution >= 4 is 23.3 Å². The van der Waals surface area contributed by atoms with Crippen molar-refractivity contribution in [3.8, 4) is 0 Å². The second-order valence-electron chi connectivity index (χ2n) is 4.23. The van der Waals surface area contributed by atoms with Crippen molar-refractivity contribution in [2.75, 3.05) is 18.4 Å². The first-order valence-corrected chi connectivity index (χ1v) is 6.40. The van der Waals surface area contributed by atoms with Gasteiger partial charge >= 0.3 is 6.03 Å². The van der Waals surface area contributed by atoms with Gasteiger partial charge in [-0.1, -0.05) is 18.5 Å². The monoisotopic (exact) mass is 270 g/mol. The molecule has 0 aliphatic rings. The van der Waals surface area contributed by atoms with Crippen molar-refractivity contribution in [3.05, 3.63) is 29.3 Å². The molecule has 2 amide bonds. The maximum absolute atomic E-state index is 12.0. The summed E-state index contributed by atoms with van der Waals surface area (Å²) in [7, 11) is 0. The van der Waals surface area contributed by atoms with Crippen LogP contribution in [0.3, 0.4) is 0 Å². The summed E-state index contributed by atoms with van der Waals surface area (Å²) in [6.07, 6.45) is 0.313. The number of benzene rings is 1. The standard InChI is InChI=1S/C13H19ClN2O2/c1-3-8-16(9-10(2)17)13(18)15-12-6-4-11(14)5-7-12/h4-7,10,17H,3,8-9H2,1-2H3,(H,15,18)/t10-/m0/s1. The lowest BCUT2D eigenvalue weighted by Gasteiger charge is -2.23. The van der Waals surface area contributed by atoms with E-state index in [9.17, 15) is 9.90 Å². The molecule has 4 nitrogen and oxygen atoms in total. The van der Waals surface area contributed by atoms with Crippen LogP contribution in [0.2, 0.25) is 5.02 Å². The molecular formula is C13H19ClN2O2. The Morgan fingerprint density at radius 1 is 1.44 bits per heavy atom. The van der Waals surface area contributed by atoms with Crippen LogP contribution < -0.4 is 5.32 Å². The molecule has 0 unspecified atom stereocenters. The van der Waals surface area contributed by atoms with Gasteiger partial charge in [0.25, 0.3) is 0 Å². The molecule has 18 heavy (non-hydrogen) atoms. The second kappa shape index (κ2) is 7.24. The van der Waals surface area contributed by atoms with Crippen LogP contribution in [-0.4, -0.2) is 35.2 Å². The number of carbonyl (C=O) groups excluding carboxylic acids is 1. The SMILES string of the molecule is CCCN(C[C@H](C)O)C(=O)Nc1ccc(Cl)cc1. The topological polar surface area (TPSA) is 52.6 Å². The smallest absolute Gasteiger partial charge is 0.321 e. The predicted octanol–water partition coefficient (Wildman–Crippen LogP) is 2.96. The molecule has 1 aromatic rings. The number of aliphatic hydroxyl groups excluding tert-OH is 1. The number of nitrogens with zero attached hydrogens (tertiary/aromatic N) is 1. The van der Waals surface area contributed by atoms with E-state index in [2.05, 4.69) is 5.32 Å². The van der Waals surface area contributed by atoms with Crippen molar-refractivity contribution in [1.29, 1.82) is 0 Å². The van der Waals surface area contributed by atoms with Gasteiger partial charge in [-0.3, -0.25) is 0 Å². The molecule has 1 atom stereocenters. The van der Waals surface area contributed by atoms with Crippen LogP contribution >= 0.6 is 11.6 Å². The molecule has 2 N–H and O–H groups in total. The van der Waals surface area contributed by atoms with Crippen LogP contribution in [0.5, 0.6) is 0 Å². The van der Waals surface area contributed by atoms with E-state index >= 15 is 0 Å². The number of urea groups is 1. The Morgan fingerprint density at radius 3 is 2.56 bits per heavy atom. The molecule has 0 fully saturated rings. The van der Waals surface area contributed by atoms with E-state index in [1.54, 1.807) is 36.1 Å². The van der Waals surface area contributed by atoms with E-state index in [1.807, 2.05) is 6.92 Å². The molecule has 0 heterocycles. The van der Waals surface area contributed by atoms with Gasteiger partial charge in [0.2, 0.25) is 0 Å². The Bertz CT molecular complexity index is 379. The minimum absolute atomic E-state index is 0.208. The van der Waals surface area contributed by atoms with Crippen LogP contribution in [0.4, 0.5) is 10.5 Å². The van der Waals surface area contributed by atoms with Crippen molar-refractivity contribution < 1.29 is 9.90 Å². The zero-order valence-electron chi connectivity index (χ0n) is 10.7. The maximum Gasteiger partial charge on any atom is 0.321 e. The fourth-order valence-electron chi connectivity index (χ4n) is 1.60. The fraction of sp³-hybridized carbons (Fsp3) is 0.462. The normalized spacial score (nSPS) is 12.0. The molecule has 0 spiro atoms. The molecule has 100 valence electrons. The zero-order valence-corrected chi connectivity index (χ0v) is 11.4. The summed E-state index contributed by atoms with van der Waals surface area (Å²) in [5, 5.41) is 12.8. The number of amides is 2. The molecule has 0 saturated carbocycles. The molecule has 0 bridgehead atoms. The zero-order chi connectivity index (χ0) is 13.5. The largest absolute Gasteiger partial charge is 0.392 e. The van der Waals surface area contributed by atoms with Crippen LogP contribution in [-0.2, 0) is 0 Å². The minimum atomic E-state index is -0.535. The lowest BCUT2D eigenvalue weighted by Crippen LogP contribution is -2.39. The van der Waals surface area contributed by atoms with Crippen molar-refractivity contribution in [1.82, 2.24) is 4.90 Å². The van der Waals surface area contributed by atoms with Gasteiger partial charge in [0, 0.05) is 23.8 Å². The number of anilines is 1. The van der Waals surface area contributed by atoms with Gasteiger partial charge in [-0.15, -0.1) is 0 Å². The van der Waals surface area contributed by atoms with Gasteiger partial charge in [-0.05, 0) is 37.6 Å². The molecule has 0 aliphatic carbocycles. The first-order valence-electron chi connectivity index (χ1n) is 6.02. The highest BCUT2D eigenvalue weighted by molar-refractivity contribution is 6.30. The van der Waals surface area contributed by atoms with Crippen LogP contribution in [0.25, 0.3) is 0 Å². The van der Waals surface area contributed by atoms with E-state index in [4.69, 9.17) is 11.6 Å². The van der Waals surface area contributed by atoms with E-state index in [-0.39, 0.29) is 6.03 Å². The average molecular weight is 271 g/mol. The van der Waals surface area contributed by atoms with Gasteiger partial charge in [0.1, 0.15) is 0 Å². The summed E-state index contributed by atoms with van der Waals surface area (Å²) in [4.78, 5) is 13.6. The molecule has 0 radical (unpaired) electrons. The third-order valence-electron chi connectivity index (χ3n) is 2.36. The van der Waals surface area contributed by atoms with E-state index < -0.39 is 6.10 Å². The number of hydrogen-bond acceptors (Lipinski definition) is 2. The minimum Gasteiger partial charge on any atom is -0.392 e. The van der Waals surface area contributed by atoms with E-state index in [0.717, 1.165) is 6.42 Å². The Labute approximate surface area is 113 Å². The number of hydrogen-bond donors (Lipinski definition) is 2. The van der Waals surface area contributed by atoms with Gasteiger partial charge in [-0.2, -0.15) is 0 Å². The Morgan fingerprint density at radius 2 is 2.06 bits per heavy atom. The number of carbonyl (C=O) groups is 1. The summed E-state index contributed by atoms with van der Waals surface area (Å²) in [6.45, 7) is 4.60. The molecule has 1 aromatic carbocycles. The lowest BCUT2D eigenvalue weighted by atomic mass is 10.3. The van der Waals surface area contributed by atoms with Gasteiger partial charge < -0.3 is 15.3 Å². The van der Waals surface area contributed by atoms with Crippen LogP contribution in [0.1, 0.15) is 20.3 Å². The third kappa shape index (κ3) is 4.94. The summed E-state index contributed by atoms with van der Waals surface area (Å²) >= 11 is 5.77. The molecule has 1 rings (SSSR count). The van der Waals surface area contributed by atoms with E-state index in [1.165, 1.54) is 0 Å². The van der Waals surface area contributed by atoms with Gasteiger partial charge in [0.05, 0.1) is 6.10 Å². The predicted molar refractivity (Wildman–Crippen MR) is 74.0 cm³/mol. The van der Waals surface area contributed by atoms with Crippen LogP contribution in [0.15, 0.2) is 24.3 Å². The Hall–Kier alpha value is -1.26. The maximum atomic E-state index is 12.0. The Kier molecular flexibility index (Phi) is 5.95. The fourth-order valence-corrected chi connectivity index (χ4v) is 1.73. The summed E-state index contributed by atoms with van der Waals surface area (Å²) in [5.41, 5.74) is 0.691.